The lowest BCUT2D eigenvalue weighted by molar-refractivity contribution is 0.675. The average Bonchev–Trinajstić information content (AvgIpc) is 2.20. The van der Waals surface area contributed by atoms with Crippen LogP contribution in [0.25, 0.3) is 0 Å². The zero-order valence-corrected chi connectivity index (χ0v) is 9.81. The van der Waals surface area contributed by atoms with Crippen molar-refractivity contribution in [2.24, 2.45) is 11.7 Å². The summed E-state index contributed by atoms with van der Waals surface area (Å²) < 4.78 is 0. The number of pyridine rings is 1. The SMILES string of the molecule is CC(CN)CSCc1cccnc1Cl. The minimum Gasteiger partial charge on any atom is -0.330 e. The third-order valence-corrected chi connectivity index (χ3v) is 3.56. The number of hydrogen-bond donors (Lipinski definition) is 1. The molecule has 1 aromatic heterocycles. The third kappa shape index (κ3) is 3.86. The Bertz CT molecular complexity index is 281. The number of nitrogens with zero attached hydrogens (tertiary/aromatic N) is 1. The highest BCUT2D eigenvalue weighted by molar-refractivity contribution is 7.98. The van der Waals surface area contributed by atoms with Crippen LogP contribution in [0.4, 0.5) is 0 Å². The number of thioether (sulfide) groups is 1. The second kappa shape index (κ2) is 6.27. The van der Waals surface area contributed by atoms with Crippen LogP contribution in [0.15, 0.2) is 18.3 Å². The van der Waals surface area contributed by atoms with Crippen molar-refractivity contribution in [2.75, 3.05) is 12.3 Å². The van der Waals surface area contributed by atoms with E-state index in [1.54, 1.807) is 6.20 Å². The summed E-state index contributed by atoms with van der Waals surface area (Å²) in [4.78, 5) is 4.02. The van der Waals surface area contributed by atoms with Gasteiger partial charge in [-0.05, 0) is 29.8 Å². The van der Waals surface area contributed by atoms with Gasteiger partial charge < -0.3 is 5.73 Å². The molecule has 0 aliphatic heterocycles. The van der Waals surface area contributed by atoms with Gasteiger partial charge in [0, 0.05) is 11.9 Å². The van der Waals surface area contributed by atoms with Crippen LogP contribution in [0, 0.1) is 5.92 Å². The van der Waals surface area contributed by atoms with E-state index in [0.717, 1.165) is 23.6 Å². The minimum atomic E-state index is 0.565. The summed E-state index contributed by atoms with van der Waals surface area (Å²) in [5.41, 5.74) is 6.63. The Labute approximate surface area is 94.2 Å². The quantitative estimate of drug-likeness (QED) is 0.791. The molecule has 0 radical (unpaired) electrons. The van der Waals surface area contributed by atoms with Gasteiger partial charge in [0.15, 0.2) is 0 Å². The molecule has 0 aliphatic carbocycles. The first kappa shape index (κ1) is 11.8. The zero-order valence-electron chi connectivity index (χ0n) is 8.24. The molecule has 0 saturated heterocycles. The molecule has 1 aromatic rings. The summed E-state index contributed by atoms with van der Waals surface area (Å²) in [6.07, 6.45) is 1.71. The molecule has 0 saturated carbocycles. The third-order valence-electron chi connectivity index (χ3n) is 1.90. The van der Waals surface area contributed by atoms with Crippen LogP contribution in [0.3, 0.4) is 0 Å². The van der Waals surface area contributed by atoms with E-state index in [-0.39, 0.29) is 0 Å². The summed E-state index contributed by atoms with van der Waals surface area (Å²) >= 11 is 7.77. The molecule has 0 bridgehead atoms. The van der Waals surface area contributed by atoms with E-state index in [2.05, 4.69) is 11.9 Å². The van der Waals surface area contributed by atoms with Gasteiger partial charge in [-0.25, -0.2) is 4.98 Å². The Morgan fingerprint density at radius 1 is 1.64 bits per heavy atom. The van der Waals surface area contributed by atoms with Gasteiger partial charge >= 0.3 is 0 Å². The van der Waals surface area contributed by atoms with E-state index in [0.29, 0.717) is 11.1 Å². The monoisotopic (exact) mass is 230 g/mol. The summed E-state index contributed by atoms with van der Waals surface area (Å²) in [6.45, 7) is 2.89. The maximum atomic E-state index is 5.92. The topological polar surface area (TPSA) is 38.9 Å². The maximum absolute atomic E-state index is 5.92. The molecule has 0 aliphatic rings. The average molecular weight is 231 g/mol. The molecule has 1 atom stereocenters. The van der Waals surface area contributed by atoms with E-state index < -0.39 is 0 Å². The van der Waals surface area contributed by atoms with Crippen molar-refractivity contribution in [2.45, 2.75) is 12.7 Å². The predicted octanol–water partition coefficient (Wildman–Crippen LogP) is 2.56. The minimum absolute atomic E-state index is 0.565. The molecule has 0 spiro atoms. The van der Waals surface area contributed by atoms with Crippen molar-refractivity contribution in [3.8, 4) is 0 Å². The van der Waals surface area contributed by atoms with E-state index in [1.807, 2.05) is 23.9 Å². The van der Waals surface area contributed by atoms with Crippen LogP contribution in [0.5, 0.6) is 0 Å². The second-order valence-electron chi connectivity index (χ2n) is 3.31. The Kier molecular flexibility index (Phi) is 5.30. The normalized spacial score (nSPS) is 12.8. The van der Waals surface area contributed by atoms with E-state index in [1.165, 1.54) is 0 Å². The van der Waals surface area contributed by atoms with Crippen LogP contribution in [0.1, 0.15) is 12.5 Å². The molecule has 4 heteroatoms. The van der Waals surface area contributed by atoms with Gasteiger partial charge in [-0.1, -0.05) is 24.6 Å². The Morgan fingerprint density at radius 2 is 2.43 bits per heavy atom. The Morgan fingerprint density at radius 3 is 3.07 bits per heavy atom. The fourth-order valence-corrected chi connectivity index (χ4v) is 2.34. The van der Waals surface area contributed by atoms with E-state index in [4.69, 9.17) is 17.3 Å². The highest BCUT2D eigenvalue weighted by Gasteiger charge is 2.02. The summed E-state index contributed by atoms with van der Waals surface area (Å²) in [6, 6.07) is 3.92. The molecule has 14 heavy (non-hydrogen) atoms. The largest absolute Gasteiger partial charge is 0.330 e. The van der Waals surface area contributed by atoms with Crippen molar-refractivity contribution in [3.63, 3.8) is 0 Å². The fraction of sp³-hybridized carbons (Fsp3) is 0.500. The van der Waals surface area contributed by atoms with Gasteiger partial charge in [-0.2, -0.15) is 11.8 Å². The second-order valence-corrected chi connectivity index (χ2v) is 4.70. The zero-order chi connectivity index (χ0) is 10.4. The molecule has 1 rings (SSSR count). The standard InChI is InChI=1S/C10H15ClN2S/c1-8(5-12)6-14-7-9-3-2-4-13-10(9)11/h2-4,8H,5-7,12H2,1H3. The van der Waals surface area contributed by atoms with Gasteiger partial charge in [0.2, 0.25) is 0 Å². The van der Waals surface area contributed by atoms with Crippen molar-refractivity contribution >= 4 is 23.4 Å². The molecule has 78 valence electrons. The first-order chi connectivity index (χ1) is 6.74. The van der Waals surface area contributed by atoms with Crippen molar-refractivity contribution in [1.82, 2.24) is 4.98 Å². The molecule has 2 nitrogen and oxygen atoms in total. The highest BCUT2D eigenvalue weighted by atomic mass is 35.5. The predicted molar refractivity (Wildman–Crippen MR) is 63.6 cm³/mol. The molecule has 0 aromatic carbocycles. The molecular formula is C10H15ClN2S. The summed E-state index contributed by atoms with van der Waals surface area (Å²) in [5.74, 6) is 2.55. The molecular weight excluding hydrogens is 216 g/mol. The van der Waals surface area contributed by atoms with E-state index >= 15 is 0 Å². The molecule has 1 heterocycles. The van der Waals surface area contributed by atoms with Crippen LogP contribution in [0.2, 0.25) is 5.15 Å². The fourth-order valence-electron chi connectivity index (χ4n) is 0.965. The lowest BCUT2D eigenvalue weighted by Crippen LogP contribution is -2.12. The first-order valence-corrected chi connectivity index (χ1v) is 6.14. The van der Waals surface area contributed by atoms with Crippen LogP contribution >= 0.6 is 23.4 Å². The summed E-state index contributed by atoms with van der Waals surface area (Å²) in [7, 11) is 0. The number of aromatic nitrogens is 1. The van der Waals surface area contributed by atoms with Crippen LogP contribution < -0.4 is 5.73 Å². The molecule has 0 fully saturated rings. The number of rotatable bonds is 5. The molecule has 1 unspecified atom stereocenters. The van der Waals surface area contributed by atoms with Crippen molar-refractivity contribution in [1.29, 1.82) is 0 Å². The number of nitrogens with two attached hydrogens (primary N) is 1. The maximum Gasteiger partial charge on any atom is 0.133 e. The molecule has 2 N–H and O–H groups in total. The van der Waals surface area contributed by atoms with Gasteiger partial charge in [-0.15, -0.1) is 0 Å². The molecule has 0 amide bonds. The van der Waals surface area contributed by atoms with Crippen LogP contribution in [-0.4, -0.2) is 17.3 Å². The van der Waals surface area contributed by atoms with Crippen molar-refractivity contribution in [3.05, 3.63) is 29.0 Å². The van der Waals surface area contributed by atoms with Crippen LogP contribution in [-0.2, 0) is 5.75 Å². The van der Waals surface area contributed by atoms with Crippen molar-refractivity contribution < 1.29 is 0 Å². The van der Waals surface area contributed by atoms with Gasteiger partial charge in [-0.3, -0.25) is 0 Å². The first-order valence-electron chi connectivity index (χ1n) is 4.61. The number of hydrogen-bond acceptors (Lipinski definition) is 3. The summed E-state index contributed by atoms with van der Waals surface area (Å²) in [5, 5.41) is 0.611. The number of halogens is 1. The lowest BCUT2D eigenvalue weighted by atomic mass is 10.2. The lowest BCUT2D eigenvalue weighted by Gasteiger charge is -2.07. The smallest absolute Gasteiger partial charge is 0.133 e. The Hall–Kier alpha value is -0.250. The van der Waals surface area contributed by atoms with Gasteiger partial charge in [0.1, 0.15) is 5.15 Å². The van der Waals surface area contributed by atoms with Gasteiger partial charge in [0.05, 0.1) is 0 Å². The Balaban J connectivity index is 2.35. The highest BCUT2D eigenvalue weighted by Crippen LogP contribution is 2.19. The van der Waals surface area contributed by atoms with E-state index in [9.17, 15) is 0 Å². The van der Waals surface area contributed by atoms with Gasteiger partial charge in [0.25, 0.3) is 0 Å².